The predicted octanol–water partition coefficient (Wildman–Crippen LogP) is 1.90. The Kier molecular flexibility index (Phi) is 6.18. The van der Waals surface area contributed by atoms with Gasteiger partial charge in [0.05, 0.1) is 11.4 Å². The highest BCUT2D eigenvalue weighted by Gasteiger charge is 2.24. The molecule has 0 radical (unpaired) electrons. The fourth-order valence-electron chi connectivity index (χ4n) is 2.81. The van der Waals surface area contributed by atoms with Gasteiger partial charge in [-0.1, -0.05) is 6.92 Å². The number of piperazine rings is 1. The van der Waals surface area contributed by atoms with Crippen LogP contribution >= 0.6 is 11.3 Å². The van der Waals surface area contributed by atoms with E-state index in [1.54, 1.807) is 11.3 Å². The van der Waals surface area contributed by atoms with Gasteiger partial charge in [-0.25, -0.2) is 0 Å². The van der Waals surface area contributed by atoms with Crippen LogP contribution in [0.25, 0.3) is 0 Å². The minimum atomic E-state index is 0.0567. The normalized spacial score (nSPS) is 16.0. The van der Waals surface area contributed by atoms with E-state index in [2.05, 4.69) is 24.1 Å². The van der Waals surface area contributed by atoms with Gasteiger partial charge in [0.25, 0.3) is 5.91 Å². The maximum Gasteiger partial charge on any atom is 0.264 e. The zero-order valence-corrected chi connectivity index (χ0v) is 15.3. The molecule has 1 N–H and O–H groups in total. The second-order valence-electron chi connectivity index (χ2n) is 6.36. The standard InChI is InChI=1S/C17H27N3O2S/c1-5-14-13(4)10-15(23-14)17(22)20-8-6-19(7-9-20)11-16(21)18-12(2)3/h10,12H,5-9,11H2,1-4H3,(H,18,21). The number of carbonyl (C=O) groups is 2. The summed E-state index contributed by atoms with van der Waals surface area (Å²) in [6, 6.07) is 2.18. The zero-order chi connectivity index (χ0) is 17.0. The molecule has 0 aromatic carbocycles. The van der Waals surface area contributed by atoms with Crippen LogP contribution in [0.15, 0.2) is 6.07 Å². The summed E-state index contributed by atoms with van der Waals surface area (Å²) in [5.41, 5.74) is 1.21. The third kappa shape index (κ3) is 4.78. The molecule has 1 fully saturated rings. The number of amides is 2. The number of hydrogen-bond acceptors (Lipinski definition) is 4. The van der Waals surface area contributed by atoms with Crippen molar-refractivity contribution < 1.29 is 9.59 Å². The van der Waals surface area contributed by atoms with Gasteiger partial charge < -0.3 is 10.2 Å². The van der Waals surface area contributed by atoms with Gasteiger partial charge in [0, 0.05) is 37.1 Å². The molecule has 0 atom stereocenters. The minimum absolute atomic E-state index is 0.0567. The molecular formula is C17H27N3O2S. The highest BCUT2D eigenvalue weighted by molar-refractivity contribution is 7.14. The van der Waals surface area contributed by atoms with E-state index in [1.807, 2.05) is 24.8 Å². The molecule has 6 heteroatoms. The molecule has 0 unspecified atom stereocenters. The van der Waals surface area contributed by atoms with E-state index in [0.717, 1.165) is 24.4 Å². The quantitative estimate of drug-likeness (QED) is 0.893. The molecule has 0 aliphatic carbocycles. The molecule has 1 saturated heterocycles. The third-order valence-corrected chi connectivity index (χ3v) is 5.40. The zero-order valence-electron chi connectivity index (χ0n) is 14.5. The van der Waals surface area contributed by atoms with Crippen molar-refractivity contribution in [1.82, 2.24) is 15.1 Å². The average molecular weight is 337 g/mol. The predicted molar refractivity (Wildman–Crippen MR) is 94.1 cm³/mol. The van der Waals surface area contributed by atoms with E-state index in [1.165, 1.54) is 10.4 Å². The van der Waals surface area contributed by atoms with Crippen molar-refractivity contribution in [2.45, 2.75) is 40.2 Å². The number of nitrogens with zero attached hydrogens (tertiary/aromatic N) is 2. The topological polar surface area (TPSA) is 52.7 Å². The number of thiophene rings is 1. The Morgan fingerprint density at radius 1 is 1.26 bits per heavy atom. The van der Waals surface area contributed by atoms with Crippen molar-refractivity contribution in [2.24, 2.45) is 0 Å². The van der Waals surface area contributed by atoms with E-state index in [0.29, 0.717) is 19.6 Å². The van der Waals surface area contributed by atoms with Crippen LogP contribution in [-0.4, -0.2) is 60.4 Å². The first-order valence-electron chi connectivity index (χ1n) is 8.31. The Balaban J connectivity index is 1.86. The highest BCUT2D eigenvalue weighted by atomic mass is 32.1. The summed E-state index contributed by atoms with van der Waals surface area (Å²) in [7, 11) is 0. The van der Waals surface area contributed by atoms with Crippen LogP contribution in [0.3, 0.4) is 0 Å². The van der Waals surface area contributed by atoms with Gasteiger partial charge in [0.1, 0.15) is 0 Å². The van der Waals surface area contributed by atoms with E-state index in [4.69, 9.17) is 0 Å². The second kappa shape index (κ2) is 7.93. The van der Waals surface area contributed by atoms with Gasteiger partial charge in [-0.3, -0.25) is 14.5 Å². The van der Waals surface area contributed by atoms with Crippen LogP contribution in [-0.2, 0) is 11.2 Å². The summed E-state index contributed by atoms with van der Waals surface area (Å²) in [4.78, 5) is 30.5. The molecule has 1 aliphatic rings. The number of rotatable bonds is 5. The molecule has 1 aliphatic heterocycles. The van der Waals surface area contributed by atoms with Crippen molar-refractivity contribution in [3.8, 4) is 0 Å². The first kappa shape index (κ1) is 17.9. The lowest BCUT2D eigenvalue weighted by atomic mass is 10.2. The van der Waals surface area contributed by atoms with Gasteiger partial charge in [-0.15, -0.1) is 11.3 Å². The number of hydrogen-bond donors (Lipinski definition) is 1. The van der Waals surface area contributed by atoms with Gasteiger partial charge in [0.2, 0.25) is 5.91 Å². The summed E-state index contributed by atoms with van der Waals surface area (Å²) >= 11 is 1.61. The van der Waals surface area contributed by atoms with Crippen LogP contribution in [0, 0.1) is 6.92 Å². The van der Waals surface area contributed by atoms with Crippen LogP contribution in [0.2, 0.25) is 0 Å². The summed E-state index contributed by atoms with van der Waals surface area (Å²) in [5.74, 6) is 0.185. The van der Waals surface area contributed by atoms with Crippen molar-refractivity contribution in [3.05, 3.63) is 21.4 Å². The molecule has 2 amide bonds. The minimum Gasteiger partial charge on any atom is -0.353 e. The Bertz CT molecular complexity index is 560. The fraction of sp³-hybridized carbons (Fsp3) is 0.647. The lowest BCUT2D eigenvalue weighted by Crippen LogP contribution is -2.51. The van der Waals surface area contributed by atoms with Gasteiger partial charge in [-0.05, 0) is 38.8 Å². The van der Waals surface area contributed by atoms with Crippen LogP contribution in [0.4, 0.5) is 0 Å². The first-order chi connectivity index (χ1) is 10.9. The summed E-state index contributed by atoms with van der Waals surface area (Å²) < 4.78 is 0. The Labute approximate surface area is 142 Å². The molecule has 0 spiro atoms. The van der Waals surface area contributed by atoms with Gasteiger partial charge >= 0.3 is 0 Å². The van der Waals surface area contributed by atoms with Crippen molar-refractivity contribution in [2.75, 3.05) is 32.7 Å². The van der Waals surface area contributed by atoms with Crippen LogP contribution in [0.5, 0.6) is 0 Å². The summed E-state index contributed by atoms with van der Waals surface area (Å²) in [6.07, 6.45) is 0.975. The Morgan fingerprint density at radius 3 is 2.43 bits per heavy atom. The second-order valence-corrected chi connectivity index (χ2v) is 7.50. The maximum atomic E-state index is 12.6. The first-order valence-corrected chi connectivity index (χ1v) is 9.12. The fourth-order valence-corrected chi connectivity index (χ4v) is 3.89. The van der Waals surface area contributed by atoms with Crippen LogP contribution < -0.4 is 5.32 Å². The maximum absolute atomic E-state index is 12.6. The molecule has 23 heavy (non-hydrogen) atoms. The lowest BCUT2D eigenvalue weighted by Gasteiger charge is -2.34. The number of aryl methyl sites for hydroxylation is 2. The van der Waals surface area contributed by atoms with E-state index in [9.17, 15) is 9.59 Å². The Morgan fingerprint density at radius 2 is 1.91 bits per heavy atom. The Hall–Kier alpha value is -1.40. The molecule has 1 aromatic heterocycles. The molecule has 0 saturated carbocycles. The highest BCUT2D eigenvalue weighted by Crippen LogP contribution is 2.24. The summed E-state index contributed by atoms with van der Waals surface area (Å²) in [6.45, 7) is 11.4. The van der Waals surface area contributed by atoms with Crippen LogP contribution in [0.1, 0.15) is 40.9 Å². The van der Waals surface area contributed by atoms with Gasteiger partial charge in [-0.2, -0.15) is 0 Å². The van der Waals surface area contributed by atoms with Crippen molar-refractivity contribution in [1.29, 1.82) is 0 Å². The van der Waals surface area contributed by atoms with Gasteiger partial charge in [0.15, 0.2) is 0 Å². The largest absolute Gasteiger partial charge is 0.353 e. The molecule has 128 valence electrons. The molecule has 1 aromatic rings. The molecule has 5 nitrogen and oxygen atoms in total. The monoisotopic (exact) mass is 337 g/mol. The lowest BCUT2D eigenvalue weighted by molar-refractivity contribution is -0.123. The molecule has 2 rings (SSSR count). The van der Waals surface area contributed by atoms with E-state index < -0.39 is 0 Å². The van der Waals surface area contributed by atoms with E-state index in [-0.39, 0.29) is 17.9 Å². The number of nitrogens with one attached hydrogen (secondary N) is 1. The van der Waals surface area contributed by atoms with E-state index >= 15 is 0 Å². The smallest absolute Gasteiger partial charge is 0.264 e. The third-order valence-electron chi connectivity index (χ3n) is 4.03. The molecule has 0 bridgehead atoms. The summed E-state index contributed by atoms with van der Waals surface area (Å²) in [5, 5.41) is 2.91. The molecular weight excluding hydrogens is 310 g/mol. The molecule has 2 heterocycles. The number of carbonyl (C=O) groups excluding carboxylic acids is 2. The average Bonchev–Trinajstić information content (AvgIpc) is 2.87. The SMILES string of the molecule is CCc1sc(C(=O)N2CCN(CC(=O)NC(C)C)CC2)cc1C. The van der Waals surface area contributed by atoms with Crippen molar-refractivity contribution in [3.63, 3.8) is 0 Å². The van der Waals surface area contributed by atoms with Crippen molar-refractivity contribution >= 4 is 23.2 Å².